The van der Waals surface area contributed by atoms with E-state index >= 15 is 0 Å². The molecule has 0 saturated heterocycles. The Kier molecular flexibility index (Phi) is 5.73. The monoisotopic (exact) mass is 303 g/mol. The molecule has 0 aliphatic carbocycles. The first-order chi connectivity index (χ1) is 9.21. The first-order valence-corrected chi connectivity index (χ1v) is 7.94. The first-order valence-electron chi connectivity index (χ1n) is 6.09. The average Bonchev–Trinajstić information content (AvgIpc) is 2.81. The maximum absolute atomic E-state index is 11.7. The van der Waals surface area contributed by atoms with Gasteiger partial charge in [0.15, 0.2) is 0 Å². The quantitative estimate of drug-likeness (QED) is 0.760. The number of nitrogens with zero attached hydrogens (tertiary/aromatic N) is 2. The van der Waals surface area contributed by atoms with Gasteiger partial charge in [0.2, 0.25) is 15.9 Å². The second-order valence-corrected chi connectivity index (χ2v) is 6.91. The van der Waals surface area contributed by atoms with Gasteiger partial charge in [0.05, 0.1) is 25.1 Å². The molecule has 0 aliphatic rings. The Morgan fingerprint density at radius 1 is 1.40 bits per heavy atom. The van der Waals surface area contributed by atoms with Gasteiger partial charge in [-0.2, -0.15) is 4.31 Å². The molecule has 0 radical (unpaired) electrons. The molecule has 0 aliphatic heterocycles. The minimum absolute atomic E-state index is 0.0995. The molecule has 114 valence electrons. The summed E-state index contributed by atoms with van der Waals surface area (Å²) in [6, 6.07) is 3.52. The summed E-state index contributed by atoms with van der Waals surface area (Å²) in [4.78, 5) is 13.6. The van der Waals surface area contributed by atoms with Crippen molar-refractivity contribution >= 4 is 15.9 Å². The number of furan rings is 1. The summed E-state index contributed by atoms with van der Waals surface area (Å²) >= 11 is 0. The van der Waals surface area contributed by atoms with Crippen molar-refractivity contribution in [3.8, 4) is 0 Å². The van der Waals surface area contributed by atoms with E-state index in [1.165, 1.54) is 7.05 Å². The predicted molar refractivity (Wildman–Crippen MR) is 75.6 cm³/mol. The molecular formula is C12H21N3O4S. The molecule has 0 spiro atoms. The number of hydrogen-bond donors (Lipinski definition) is 1. The summed E-state index contributed by atoms with van der Waals surface area (Å²) < 4.78 is 28.8. The molecule has 0 bridgehead atoms. The summed E-state index contributed by atoms with van der Waals surface area (Å²) in [7, 11) is 1.77. The van der Waals surface area contributed by atoms with E-state index in [4.69, 9.17) is 4.42 Å². The van der Waals surface area contributed by atoms with Crippen molar-refractivity contribution in [3.05, 3.63) is 24.2 Å². The lowest BCUT2D eigenvalue weighted by Crippen LogP contribution is -2.41. The molecule has 1 atom stereocenters. The van der Waals surface area contributed by atoms with Crippen molar-refractivity contribution in [3.63, 3.8) is 0 Å². The summed E-state index contributed by atoms with van der Waals surface area (Å²) in [5.74, 6) is 0.392. The Balaban J connectivity index is 2.54. The Bertz CT molecular complexity index is 525. The van der Waals surface area contributed by atoms with Crippen LogP contribution in [-0.4, -0.2) is 64.0 Å². The van der Waals surface area contributed by atoms with Crippen molar-refractivity contribution in [2.45, 2.75) is 6.04 Å². The van der Waals surface area contributed by atoms with Crippen LogP contribution in [0.3, 0.4) is 0 Å². The van der Waals surface area contributed by atoms with Crippen LogP contribution in [0.1, 0.15) is 11.8 Å². The van der Waals surface area contributed by atoms with Crippen LogP contribution in [0.25, 0.3) is 0 Å². The molecule has 0 unspecified atom stereocenters. The Morgan fingerprint density at radius 3 is 2.50 bits per heavy atom. The van der Waals surface area contributed by atoms with Gasteiger partial charge in [0, 0.05) is 13.6 Å². The highest BCUT2D eigenvalue weighted by Crippen LogP contribution is 2.17. The van der Waals surface area contributed by atoms with E-state index in [-0.39, 0.29) is 18.5 Å². The molecule has 0 fully saturated rings. The normalized spacial score (nSPS) is 13.7. The van der Waals surface area contributed by atoms with Gasteiger partial charge in [-0.15, -0.1) is 0 Å². The zero-order valence-electron chi connectivity index (χ0n) is 12.2. The summed E-state index contributed by atoms with van der Waals surface area (Å²) in [6.45, 7) is 0.147. The second kappa shape index (κ2) is 6.87. The molecule has 0 aromatic carbocycles. The van der Waals surface area contributed by atoms with Gasteiger partial charge in [0.1, 0.15) is 5.76 Å². The van der Waals surface area contributed by atoms with Crippen molar-refractivity contribution in [2.24, 2.45) is 0 Å². The molecule has 1 aromatic heterocycles. The lowest BCUT2D eigenvalue weighted by atomic mass is 10.2. The number of amides is 1. The smallest absolute Gasteiger partial charge is 0.235 e. The van der Waals surface area contributed by atoms with Gasteiger partial charge in [-0.05, 0) is 26.2 Å². The van der Waals surface area contributed by atoms with Crippen LogP contribution in [0, 0.1) is 0 Å². The van der Waals surface area contributed by atoms with Crippen molar-refractivity contribution in [2.75, 3.05) is 40.5 Å². The van der Waals surface area contributed by atoms with Crippen LogP contribution in [-0.2, 0) is 14.8 Å². The SMILES string of the molecule is CN(C)[C@@H](CNC(=O)CN(C)S(C)(=O)=O)c1ccco1. The maximum Gasteiger partial charge on any atom is 0.235 e. The van der Waals surface area contributed by atoms with Crippen LogP contribution in [0.4, 0.5) is 0 Å². The van der Waals surface area contributed by atoms with E-state index in [1.807, 2.05) is 25.1 Å². The van der Waals surface area contributed by atoms with Crippen LogP contribution in [0.5, 0.6) is 0 Å². The third-order valence-electron chi connectivity index (χ3n) is 2.92. The van der Waals surface area contributed by atoms with E-state index in [0.29, 0.717) is 6.54 Å². The lowest BCUT2D eigenvalue weighted by molar-refractivity contribution is -0.121. The lowest BCUT2D eigenvalue weighted by Gasteiger charge is -2.23. The van der Waals surface area contributed by atoms with Crippen molar-refractivity contribution < 1.29 is 17.6 Å². The van der Waals surface area contributed by atoms with Crippen LogP contribution in [0.15, 0.2) is 22.8 Å². The van der Waals surface area contributed by atoms with Crippen LogP contribution < -0.4 is 5.32 Å². The number of hydrogen-bond acceptors (Lipinski definition) is 5. The number of likely N-dealkylation sites (N-methyl/N-ethyl adjacent to an activating group) is 2. The van der Waals surface area contributed by atoms with E-state index in [2.05, 4.69) is 5.32 Å². The van der Waals surface area contributed by atoms with E-state index in [1.54, 1.807) is 12.3 Å². The Labute approximate surface area is 119 Å². The molecule has 1 aromatic rings. The van der Waals surface area contributed by atoms with E-state index < -0.39 is 10.0 Å². The van der Waals surface area contributed by atoms with Gasteiger partial charge in [-0.25, -0.2) is 8.42 Å². The van der Waals surface area contributed by atoms with Gasteiger partial charge in [-0.3, -0.25) is 9.69 Å². The molecule has 7 nitrogen and oxygen atoms in total. The summed E-state index contributed by atoms with van der Waals surface area (Å²) in [5, 5.41) is 2.71. The fraction of sp³-hybridized carbons (Fsp3) is 0.583. The van der Waals surface area contributed by atoms with Crippen LogP contribution >= 0.6 is 0 Å². The highest BCUT2D eigenvalue weighted by Gasteiger charge is 2.19. The average molecular weight is 303 g/mol. The molecule has 1 N–H and O–H groups in total. The summed E-state index contributed by atoms with van der Waals surface area (Å²) in [6.07, 6.45) is 2.64. The number of sulfonamides is 1. The third kappa shape index (κ3) is 4.95. The topological polar surface area (TPSA) is 82.9 Å². The largest absolute Gasteiger partial charge is 0.468 e. The molecular weight excluding hydrogens is 282 g/mol. The van der Waals surface area contributed by atoms with E-state index in [0.717, 1.165) is 16.3 Å². The fourth-order valence-electron chi connectivity index (χ4n) is 1.60. The van der Waals surface area contributed by atoms with Crippen molar-refractivity contribution in [1.29, 1.82) is 0 Å². The Hall–Kier alpha value is -1.38. The minimum atomic E-state index is -3.35. The summed E-state index contributed by atoms with van der Waals surface area (Å²) in [5.41, 5.74) is 0. The minimum Gasteiger partial charge on any atom is -0.468 e. The Morgan fingerprint density at radius 2 is 2.05 bits per heavy atom. The molecule has 1 amide bonds. The number of nitrogens with one attached hydrogen (secondary N) is 1. The van der Waals surface area contributed by atoms with Gasteiger partial charge >= 0.3 is 0 Å². The standard InChI is InChI=1S/C12H21N3O4S/c1-14(2)10(11-6-5-7-19-11)8-13-12(16)9-15(3)20(4,17)18/h5-7,10H,8-9H2,1-4H3,(H,13,16)/t10-/m0/s1. The number of carbonyl (C=O) groups is 1. The molecule has 1 rings (SSSR count). The molecule has 8 heteroatoms. The van der Waals surface area contributed by atoms with Gasteiger partial charge in [-0.1, -0.05) is 0 Å². The predicted octanol–water partition coefficient (Wildman–Crippen LogP) is -0.110. The highest BCUT2D eigenvalue weighted by molar-refractivity contribution is 7.88. The number of rotatable bonds is 7. The van der Waals surface area contributed by atoms with Crippen LogP contribution in [0.2, 0.25) is 0 Å². The van der Waals surface area contributed by atoms with Gasteiger partial charge in [0.25, 0.3) is 0 Å². The fourth-order valence-corrected chi connectivity index (χ4v) is 1.96. The highest BCUT2D eigenvalue weighted by atomic mass is 32.2. The molecule has 1 heterocycles. The van der Waals surface area contributed by atoms with Gasteiger partial charge < -0.3 is 9.73 Å². The van der Waals surface area contributed by atoms with E-state index in [9.17, 15) is 13.2 Å². The number of carbonyl (C=O) groups excluding carboxylic acids is 1. The first kappa shape index (κ1) is 16.7. The third-order valence-corrected chi connectivity index (χ3v) is 4.18. The van der Waals surface area contributed by atoms with Crippen molar-refractivity contribution in [1.82, 2.24) is 14.5 Å². The zero-order chi connectivity index (χ0) is 15.3. The zero-order valence-corrected chi connectivity index (χ0v) is 13.0. The molecule has 0 saturated carbocycles. The maximum atomic E-state index is 11.7. The second-order valence-electron chi connectivity index (χ2n) is 4.82. The molecule has 20 heavy (non-hydrogen) atoms.